The lowest BCUT2D eigenvalue weighted by atomic mass is 10.2. The summed E-state index contributed by atoms with van der Waals surface area (Å²) in [4.78, 5) is 27.1. The van der Waals surface area contributed by atoms with Gasteiger partial charge in [0.1, 0.15) is 0 Å². The van der Waals surface area contributed by atoms with Gasteiger partial charge in [-0.15, -0.1) is 0 Å². The summed E-state index contributed by atoms with van der Waals surface area (Å²) in [5.74, 6) is -0.451. The van der Waals surface area contributed by atoms with E-state index in [0.717, 1.165) is 11.0 Å². The van der Waals surface area contributed by atoms with Crippen LogP contribution >= 0.6 is 15.9 Å². The largest absolute Gasteiger partial charge is 0.321 e. The maximum atomic E-state index is 12.4. The molecule has 1 aromatic carbocycles. The van der Waals surface area contributed by atoms with E-state index in [9.17, 15) is 14.9 Å². The van der Waals surface area contributed by atoms with Crippen molar-refractivity contribution in [2.45, 2.75) is 19.9 Å². The van der Waals surface area contributed by atoms with Crippen molar-refractivity contribution >= 4 is 44.2 Å². The maximum absolute atomic E-state index is 12.4. The second-order valence-corrected chi connectivity index (χ2v) is 6.55. The van der Waals surface area contributed by atoms with Crippen molar-refractivity contribution < 1.29 is 9.72 Å². The topological polar surface area (TPSA) is 103 Å². The number of fused-ring (bicyclic) bond motifs is 1. The third-order valence-electron chi connectivity index (χ3n) is 3.59. The highest BCUT2D eigenvalue weighted by Crippen LogP contribution is 2.26. The predicted molar refractivity (Wildman–Crippen MR) is 96.7 cm³/mol. The second kappa shape index (κ2) is 6.60. The molecule has 0 aliphatic rings. The molecule has 2 heterocycles. The van der Waals surface area contributed by atoms with Crippen LogP contribution in [0.4, 0.5) is 11.4 Å². The van der Waals surface area contributed by atoms with Crippen LogP contribution in [0.2, 0.25) is 0 Å². The molecule has 0 bridgehead atoms. The molecule has 3 rings (SSSR count). The Balaban J connectivity index is 1.87. The number of halogens is 1. The zero-order chi connectivity index (χ0) is 18.1. The number of hydrogen-bond donors (Lipinski definition) is 1. The molecule has 8 nitrogen and oxygen atoms in total. The van der Waals surface area contributed by atoms with Crippen LogP contribution in [0.3, 0.4) is 0 Å². The number of nitrogens with zero attached hydrogens (tertiary/aromatic N) is 4. The average Bonchev–Trinajstić information content (AvgIpc) is 2.98. The molecule has 0 saturated heterocycles. The predicted octanol–water partition coefficient (Wildman–Crippen LogP) is 3.94. The Hall–Kier alpha value is -2.81. The van der Waals surface area contributed by atoms with E-state index in [2.05, 4.69) is 31.3 Å². The number of amides is 1. The minimum absolute atomic E-state index is 0.167. The second-order valence-electron chi connectivity index (χ2n) is 5.70. The zero-order valence-corrected chi connectivity index (χ0v) is 15.0. The van der Waals surface area contributed by atoms with Crippen LogP contribution in [0.25, 0.3) is 11.0 Å². The highest BCUT2D eigenvalue weighted by molar-refractivity contribution is 9.10. The number of nitro groups is 1. The van der Waals surface area contributed by atoms with Crippen LogP contribution in [-0.2, 0) is 0 Å². The Bertz CT molecular complexity index is 983. The first-order valence-corrected chi connectivity index (χ1v) is 8.24. The molecule has 0 unspecified atom stereocenters. The summed E-state index contributed by atoms with van der Waals surface area (Å²) < 4.78 is 2.11. The van der Waals surface area contributed by atoms with E-state index in [0.29, 0.717) is 10.2 Å². The van der Waals surface area contributed by atoms with Gasteiger partial charge in [-0.1, -0.05) is 0 Å². The monoisotopic (exact) mass is 403 g/mol. The molecule has 9 heteroatoms. The van der Waals surface area contributed by atoms with Crippen molar-refractivity contribution in [3.05, 3.63) is 56.8 Å². The van der Waals surface area contributed by atoms with Gasteiger partial charge < -0.3 is 5.32 Å². The first-order valence-electron chi connectivity index (χ1n) is 7.45. The molecular weight excluding hydrogens is 390 g/mol. The quantitative estimate of drug-likeness (QED) is 0.524. The van der Waals surface area contributed by atoms with Crippen LogP contribution < -0.4 is 5.32 Å². The summed E-state index contributed by atoms with van der Waals surface area (Å²) in [6.45, 7) is 4.01. The molecule has 0 fully saturated rings. The molecule has 3 aromatic rings. The van der Waals surface area contributed by atoms with Crippen LogP contribution in [0.1, 0.15) is 30.2 Å². The number of pyridine rings is 1. The number of hydrogen-bond acceptors (Lipinski definition) is 5. The van der Waals surface area contributed by atoms with Crippen LogP contribution in [0.15, 0.2) is 41.1 Å². The number of aromatic nitrogens is 3. The van der Waals surface area contributed by atoms with Gasteiger partial charge >= 0.3 is 0 Å². The molecule has 25 heavy (non-hydrogen) atoms. The molecule has 0 saturated carbocycles. The lowest BCUT2D eigenvalue weighted by Gasteiger charge is -2.08. The van der Waals surface area contributed by atoms with Gasteiger partial charge in [0.25, 0.3) is 11.6 Å². The average molecular weight is 404 g/mol. The van der Waals surface area contributed by atoms with Gasteiger partial charge in [-0.25, -0.2) is 9.67 Å². The van der Waals surface area contributed by atoms with Crippen molar-refractivity contribution in [1.82, 2.24) is 14.8 Å². The third kappa shape index (κ3) is 3.36. The van der Waals surface area contributed by atoms with Crippen molar-refractivity contribution in [3.63, 3.8) is 0 Å². The summed E-state index contributed by atoms with van der Waals surface area (Å²) in [7, 11) is 0. The Morgan fingerprint density at radius 1 is 1.32 bits per heavy atom. The SMILES string of the molecule is CC(C)n1ncc2cc(NC(=O)c3ccc(Br)c([N+](=O)[O-])c3)cnc21. The molecule has 1 amide bonds. The summed E-state index contributed by atoms with van der Waals surface area (Å²) >= 11 is 3.10. The smallest absolute Gasteiger partial charge is 0.284 e. The van der Waals surface area contributed by atoms with Crippen molar-refractivity contribution in [1.29, 1.82) is 0 Å². The fourth-order valence-electron chi connectivity index (χ4n) is 2.38. The first-order chi connectivity index (χ1) is 11.9. The van der Waals surface area contributed by atoms with E-state index < -0.39 is 10.8 Å². The summed E-state index contributed by atoms with van der Waals surface area (Å²) in [6, 6.07) is 6.14. The first kappa shape index (κ1) is 17.0. The van der Waals surface area contributed by atoms with E-state index in [1.807, 2.05) is 13.8 Å². The number of anilines is 1. The minimum Gasteiger partial charge on any atom is -0.321 e. The van der Waals surface area contributed by atoms with E-state index >= 15 is 0 Å². The highest BCUT2D eigenvalue weighted by Gasteiger charge is 2.16. The van der Waals surface area contributed by atoms with Gasteiger partial charge in [0.2, 0.25) is 0 Å². The normalized spacial score (nSPS) is 11.0. The fourth-order valence-corrected chi connectivity index (χ4v) is 2.77. The number of carbonyl (C=O) groups excluding carboxylic acids is 1. The Morgan fingerprint density at radius 3 is 2.76 bits per heavy atom. The van der Waals surface area contributed by atoms with Gasteiger partial charge in [0, 0.05) is 23.1 Å². The van der Waals surface area contributed by atoms with Gasteiger partial charge in [-0.3, -0.25) is 14.9 Å². The maximum Gasteiger partial charge on any atom is 0.284 e. The molecule has 128 valence electrons. The van der Waals surface area contributed by atoms with Crippen molar-refractivity contribution in [3.8, 4) is 0 Å². The lowest BCUT2D eigenvalue weighted by molar-refractivity contribution is -0.385. The molecule has 0 atom stereocenters. The fraction of sp³-hybridized carbons (Fsp3) is 0.188. The van der Waals surface area contributed by atoms with E-state index in [-0.39, 0.29) is 17.3 Å². The van der Waals surface area contributed by atoms with Crippen LogP contribution in [-0.4, -0.2) is 25.6 Å². The molecule has 0 spiro atoms. The van der Waals surface area contributed by atoms with E-state index in [4.69, 9.17) is 0 Å². The summed E-state index contributed by atoms with van der Waals surface area (Å²) in [6.07, 6.45) is 3.22. The molecule has 1 N–H and O–H groups in total. The number of rotatable bonds is 4. The van der Waals surface area contributed by atoms with Gasteiger partial charge in [0.15, 0.2) is 5.65 Å². The van der Waals surface area contributed by atoms with E-state index in [1.165, 1.54) is 24.4 Å². The third-order valence-corrected chi connectivity index (χ3v) is 4.26. The summed E-state index contributed by atoms with van der Waals surface area (Å²) in [5.41, 5.74) is 1.24. The van der Waals surface area contributed by atoms with Crippen LogP contribution in [0, 0.1) is 10.1 Å². The zero-order valence-electron chi connectivity index (χ0n) is 13.4. The van der Waals surface area contributed by atoms with Gasteiger partial charge in [0.05, 0.1) is 27.5 Å². The number of benzene rings is 1. The van der Waals surface area contributed by atoms with Crippen molar-refractivity contribution in [2.75, 3.05) is 5.32 Å². The molecule has 0 radical (unpaired) electrons. The highest BCUT2D eigenvalue weighted by atomic mass is 79.9. The van der Waals surface area contributed by atoms with Crippen LogP contribution in [0.5, 0.6) is 0 Å². The van der Waals surface area contributed by atoms with Crippen molar-refractivity contribution in [2.24, 2.45) is 0 Å². The molecule has 2 aromatic heterocycles. The Kier molecular flexibility index (Phi) is 4.49. The standard InChI is InChI=1S/C16H14BrN5O3/c1-9(2)21-15-11(7-19-21)5-12(8-18-15)20-16(23)10-3-4-13(17)14(6-10)22(24)25/h3-9H,1-2H3,(H,20,23). The van der Waals surface area contributed by atoms with Gasteiger partial charge in [-0.2, -0.15) is 5.10 Å². The summed E-state index contributed by atoms with van der Waals surface area (Å²) in [5, 5.41) is 18.8. The minimum atomic E-state index is -0.547. The number of nitro benzene ring substituents is 1. The van der Waals surface area contributed by atoms with Gasteiger partial charge in [-0.05, 0) is 48.0 Å². The Morgan fingerprint density at radius 2 is 2.08 bits per heavy atom. The molecule has 0 aliphatic heterocycles. The number of nitrogens with one attached hydrogen (secondary N) is 1. The lowest BCUT2D eigenvalue weighted by Crippen LogP contribution is -2.12. The Labute approximate surface area is 151 Å². The molecular formula is C16H14BrN5O3. The van der Waals surface area contributed by atoms with E-state index in [1.54, 1.807) is 16.9 Å². The molecule has 0 aliphatic carbocycles. The number of carbonyl (C=O) groups is 1.